The second-order valence-electron chi connectivity index (χ2n) is 4.10. The van der Waals surface area contributed by atoms with Crippen molar-refractivity contribution in [1.29, 1.82) is 0 Å². The van der Waals surface area contributed by atoms with Crippen LogP contribution in [0.15, 0.2) is 11.6 Å². The van der Waals surface area contributed by atoms with Gasteiger partial charge in [0.05, 0.1) is 0 Å². The molecule has 0 spiro atoms. The third kappa shape index (κ3) is 7.10. The van der Waals surface area contributed by atoms with Gasteiger partial charge in [0.25, 0.3) is 0 Å². The first-order valence-electron chi connectivity index (χ1n) is 5.29. The third-order valence-electron chi connectivity index (χ3n) is 2.33. The van der Waals surface area contributed by atoms with Crippen LogP contribution in [0, 0.1) is 5.92 Å². The minimum absolute atomic E-state index is 0.0447. The maximum Gasteiger partial charge on any atom is 0.157 e. The topological polar surface area (TPSA) is 18.5 Å². The van der Waals surface area contributed by atoms with Crippen LogP contribution in [0.5, 0.6) is 0 Å². The summed E-state index contributed by atoms with van der Waals surface area (Å²) in [6.07, 6.45) is 5.57. The Morgan fingerprint density at radius 1 is 1.21 bits per heavy atom. The van der Waals surface area contributed by atoms with Crippen molar-refractivity contribution in [3.05, 3.63) is 11.6 Å². The van der Waals surface area contributed by atoms with Crippen LogP contribution in [-0.2, 0) is 9.47 Å². The highest BCUT2D eigenvalue weighted by atomic mass is 16.7. The number of ether oxygens (including phenoxy) is 2. The van der Waals surface area contributed by atoms with Gasteiger partial charge in [-0.1, -0.05) is 18.6 Å². The molecule has 0 heterocycles. The van der Waals surface area contributed by atoms with Gasteiger partial charge < -0.3 is 9.47 Å². The molecule has 0 rings (SSSR count). The second-order valence-corrected chi connectivity index (χ2v) is 4.10. The summed E-state index contributed by atoms with van der Waals surface area (Å²) in [4.78, 5) is 0. The average Bonchev–Trinajstić information content (AvgIpc) is 2.13. The van der Waals surface area contributed by atoms with Crippen molar-refractivity contribution in [2.45, 2.75) is 46.3 Å². The summed E-state index contributed by atoms with van der Waals surface area (Å²) in [5, 5.41) is 0. The molecule has 0 aliphatic heterocycles. The standard InChI is InChI=1S/C12H24O2/c1-10(2)7-6-8-11(3)9-12(13-4)14-5/h7,11-12H,6,8-9H2,1-5H3/t11-/m1/s1. The van der Waals surface area contributed by atoms with E-state index in [-0.39, 0.29) is 6.29 Å². The number of allylic oxidation sites excluding steroid dienone is 2. The van der Waals surface area contributed by atoms with E-state index in [2.05, 4.69) is 26.8 Å². The predicted molar refractivity (Wildman–Crippen MR) is 60.3 cm³/mol. The Morgan fingerprint density at radius 2 is 1.79 bits per heavy atom. The Labute approximate surface area is 88.3 Å². The quantitative estimate of drug-likeness (QED) is 0.463. The molecule has 0 aromatic heterocycles. The van der Waals surface area contributed by atoms with Crippen LogP contribution in [-0.4, -0.2) is 20.5 Å². The first-order valence-corrected chi connectivity index (χ1v) is 5.29. The SMILES string of the molecule is COC(C[C@H](C)CCC=C(C)C)OC. The van der Waals surface area contributed by atoms with Crippen molar-refractivity contribution in [1.82, 2.24) is 0 Å². The average molecular weight is 200 g/mol. The van der Waals surface area contributed by atoms with Gasteiger partial charge in [-0.25, -0.2) is 0 Å². The lowest BCUT2D eigenvalue weighted by Gasteiger charge is -2.17. The lowest BCUT2D eigenvalue weighted by atomic mass is 10.0. The highest BCUT2D eigenvalue weighted by molar-refractivity contribution is 4.92. The van der Waals surface area contributed by atoms with Crippen molar-refractivity contribution in [2.75, 3.05) is 14.2 Å². The molecule has 0 N–H and O–H groups in total. The molecule has 0 unspecified atom stereocenters. The van der Waals surface area contributed by atoms with E-state index >= 15 is 0 Å². The molecule has 0 saturated heterocycles. The summed E-state index contributed by atoms with van der Waals surface area (Å²) in [6, 6.07) is 0. The van der Waals surface area contributed by atoms with Gasteiger partial charge in [0.2, 0.25) is 0 Å². The molecule has 0 aliphatic carbocycles. The molecular weight excluding hydrogens is 176 g/mol. The monoisotopic (exact) mass is 200 g/mol. The first-order chi connectivity index (χ1) is 6.60. The van der Waals surface area contributed by atoms with Gasteiger partial charge in [-0.05, 0) is 32.6 Å². The summed E-state index contributed by atoms with van der Waals surface area (Å²) in [6.45, 7) is 6.51. The van der Waals surface area contributed by atoms with Gasteiger partial charge in [0.1, 0.15) is 0 Å². The minimum Gasteiger partial charge on any atom is -0.356 e. The highest BCUT2D eigenvalue weighted by Gasteiger charge is 2.10. The van der Waals surface area contributed by atoms with Crippen molar-refractivity contribution in [3.8, 4) is 0 Å². The molecular formula is C12H24O2. The normalized spacial score (nSPS) is 13.0. The minimum atomic E-state index is -0.0447. The van der Waals surface area contributed by atoms with Gasteiger partial charge in [-0.2, -0.15) is 0 Å². The highest BCUT2D eigenvalue weighted by Crippen LogP contribution is 2.15. The molecule has 14 heavy (non-hydrogen) atoms. The van der Waals surface area contributed by atoms with Gasteiger partial charge in [-0.15, -0.1) is 0 Å². The van der Waals surface area contributed by atoms with Gasteiger partial charge in [0, 0.05) is 20.6 Å². The Kier molecular flexibility index (Phi) is 7.81. The Balaban J connectivity index is 3.63. The summed E-state index contributed by atoms with van der Waals surface area (Å²) in [7, 11) is 3.38. The van der Waals surface area contributed by atoms with Crippen LogP contribution in [0.25, 0.3) is 0 Å². The molecule has 0 saturated carbocycles. The summed E-state index contributed by atoms with van der Waals surface area (Å²) >= 11 is 0. The van der Waals surface area contributed by atoms with Crippen LogP contribution in [0.3, 0.4) is 0 Å². The second kappa shape index (κ2) is 8.01. The molecule has 2 nitrogen and oxygen atoms in total. The lowest BCUT2D eigenvalue weighted by molar-refractivity contribution is -0.113. The maximum atomic E-state index is 5.16. The van der Waals surface area contributed by atoms with Gasteiger partial charge in [0.15, 0.2) is 6.29 Å². The summed E-state index contributed by atoms with van der Waals surface area (Å²) < 4.78 is 10.3. The zero-order valence-electron chi connectivity index (χ0n) is 10.2. The molecule has 1 atom stereocenters. The molecule has 0 aromatic rings. The Hall–Kier alpha value is -0.340. The van der Waals surface area contributed by atoms with E-state index in [4.69, 9.17) is 9.47 Å². The zero-order chi connectivity index (χ0) is 11.0. The molecule has 0 radical (unpaired) electrons. The largest absolute Gasteiger partial charge is 0.356 e. The molecule has 84 valence electrons. The third-order valence-corrected chi connectivity index (χ3v) is 2.33. The fourth-order valence-corrected chi connectivity index (χ4v) is 1.39. The van der Waals surface area contributed by atoms with Crippen molar-refractivity contribution in [3.63, 3.8) is 0 Å². The number of hydrogen-bond donors (Lipinski definition) is 0. The van der Waals surface area contributed by atoms with Crippen LogP contribution >= 0.6 is 0 Å². The van der Waals surface area contributed by atoms with Gasteiger partial charge in [-0.3, -0.25) is 0 Å². The van der Waals surface area contributed by atoms with Crippen molar-refractivity contribution < 1.29 is 9.47 Å². The Bertz CT molecular complexity index is 156. The van der Waals surface area contributed by atoms with E-state index in [0.29, 0.717) is 5.92 Å². The van der Waals surface area contributed by atoms with Crippen LogP contribution in [0.4, 0.5) is 0 Å². The number of hydrogen-bond acceptors (Lipinski definition) is 2. The van der Waals surface area contributed by atoms with Gasteiger partial charge >= 0.3 is 0 Å². The zero-order valence-corrected chi connectivity index (χ0v) is 10.2. The smallest absolute Gasteiger partial charge is 0.157 e. The van der Waals surface area contributed by atoms with E-state index in [1.165, 1.54) is 12.0 Å². The van der Waals surface area contributed by atoms with Crippen LogP contribution < -0.4 is 0 Å². The first kappa shape index (κ1) is 13.7. The molecule has 0 amide bonds. The number of methoxy groups -OCH3 is 2. The fraction of sp³-hybridized carbons (Fsp3) is 0.833. The summed E-state index contributed by atoms with van der Waals surface area (Å²) in [5.41, 5.74) is 1.40. The van der Waals surface area contributed by atoms with Crippen LogP contribution in [0.1, 0.15) is 40.0 Å². The van der Waals surface area contributed by atoms with E-state index in [0.717, 1.165) is 12.8 Å². The summed E-state index contributed by atoms with van der Waals surface area (Å²) in [5.74, 6) is 0.649. The van der Waals surface area contributed by atoms with Crippen LogP contribution in [0.2, 0.25) is 0 Å². The predicted octanol–water partition coefficient (Wildman–Crippen LogP) is 3.38. The van der Waals surface area contributed by atoms with Crippen molar-refractivity contribution >= 4 is 0 Å². The molecule has 0 aromatic carbocycles. The fourth-order valence-electron chi connectivity index (χ4n) is 1.39. The van der Waals surface area contributed by atoms with E-state index in [1.807, 2.05) is 0 Å². The van der Waals surface area contributed by atoms with Crippen molar-refractivity contribution in [2.24, 2.45) is 5.92 Å². The number of rotatable bonds is 7. The Morgan fingerprint density at radius 3 is 2.21 bits per heavy atom. The molecule has 0 aliphatic rings. The molecule has 0 bridgehead atoms. The van der Waals surface area contributed by atoms with E-state index in [1.54, 1.807) is 14.2 Å². The molecule has 2 heteroatoms. The lowest BCUT2D eigenvalue weighted by Crippen LogP contribution is -2.16. The maximum absolute atomic E-state index is 5.16. The van der Waals surface area contributed by atoms with E-state index < -0.39 is 0 Å². The molecule has 0 fully saturated rings. The van der Waals surface area contributed by atoms with E-state index in [9.17, 15) is 0 Å².